The molecule has 170 valence electrons. The second kappa shape index (κ2) is 10.9. The molecule has 0 saturated carbocycles. The first-order valence-electron chi connectivity index (χ1n) is 11.3. The number of halogens is 1. The average molecular weight is 456 g/mol. The Hall–Kier alpha value is -2.50. The van der Waals surface area contributed by atoms with E-state index in [9.17, 15) is 4.79 Å². The summed E-state index contributed by atoms with van der Waals surface area (Å²) in [4.78, 5) is 14.5. The van der Waals surface area contributed by atoms with Gasteiger partial charge in [-0.15, -0.1) is 6.58 Å². The van der Waals surface area contributed by atoms with Gasteiger partial charge in [0.25, 0.3) is 0 Å². The van der Waals surface area contributed by atoms with Crippen molar-refractivity contribution in [2.24, 2.45) is 0 Å². The molecule has 32 heavy (non-hydrogen) atoms. The van der Waals surface area contributed by atoms with Crippen LogP contribution in [0, 0.1) is 0 Å². The number of nitrogens with zero attached hydrogens (tertiary/aromatic N) is 1. The van der Waals surface area contributed by atoms with Crippen LogP contribution in [0.4, 0.5) is 0 Å². The number of carbonyl (C=O) groups excluding carboxylic acids is 1. The average Bonchev–Trinajstić information content (AvgIpc) is 3.04. The van der Waals surface area contributed by atoms with Crippen LogP contribution in [0.25, 0.3) is 11.1 Å². The Labute approximate surface area is 194 Å². The molecule has 0 N–H and O–H groups in total. The third kappa shape index (κ3) is 5.64. The summed E-state index contributed by atoms with van der Waals surface area (Å²) in [6, 6.07) is 11.8. The maximum atomic E-state index is 12.7. The molecule has 0 unspecified atom stereocenters. The van der Waals surface area contributed by atoms with E-state index in [4.69, 9.17) is 25.8 Å². The summed E-state index contributed by atoms with van der Waals surface area (Å²) in [5, 5.41) is 0.674. The van der Waals surface area contributed by atoms with Crippen molar-refractivity contribution in [2.75, 3.05) is 26.4 Å². The summed E-state index contributed by atoms with van der Waals surface area (Å²) < 4.78 is 18.2. The number of carbonyl (C=O) groups is 1. The fourth-order valence-electron chi connectivity index (χ4n) is 4.14. The second-order valence-electron chi connectivity index (χ2n) is 8.26. The molecule has 0 aliphatic carbocycles. The highest BCUT2D eigenvalue weighted by Crippen LogP contribution is 2.39. The molecule has 0 aromatic heterocycles. The fraction of sp³-hybridized carbons (Fsp3) is 0.423. The van der Waals surface area contributed by atoms with Gasteiger partial charge in [-0.2, -0.15) is 0 Å². The first-order valence-corrected chi connectivity index (χ1v) is 11.7. The van der Waals surface area contributed by atoms with Crippen molar-refractivity contribution < 1.29 is 19.0 Å². The summed E-state index contributed by atoms with van der Waals surface area (Å²) >= 11 is 6.25. The Balaban J connectivity index is 1.64. The highest BCUT2D eigenvalue weighted by Gasteiger charge is 2.24. The molecule has 1 amide bonds. The van der Waals surface area contributed by atoms with Crippen LogP contribution in [0.5, 0.6) is 11.5 Å². The van der Waals surface area contributed by atoms with Crippen LogP contribution in [-0.2, 0) is 16.1 Å². The van der Waals surface area contributed by atoms with Crippen molar-refractivity contribution in [1.82, 2.24) is 4.90 Å². The molecule has 0 spiro atoms. The maximum absolute atomic E-state index is 12.7. The zero-order chi connectivity index (χ0) is 22.3. The molecule has 0 radical (unpaired) electrons. The molecule has 1 fully saturated rings. The zero-order valence-electron chi connectivity index (χ0n) is 18.4. The Morgan fingerprint density at radius 3 is 2.91 bits per heavy atom. The number of benzene rings is 2. The number of amides is 1. The lowest BCUT2D eigenvalue weighted by Gasteiger charge is -2.24. The molecule has 2 heterocycles. The van der Waals surface area contributed by atoms with Gasteiger partial charge in [-0.05, 0) is 61.1 Å². The summed E-state index contributed by atoms with van der Waals surface area (Å²) in [6.07, 6.45) is 6.26. The molecule has 2 aliphatic rings. The highest BCUT2D eigenvalue weighted by atomic mass is 35.5. The van der Waals surface area contributed by atoms with Crippen molar-refractivity contribution in [3.8, 4) is 22.6 Å². The predicted octanol–water partition coefficient (Wildman–Crippen LogP) is 5.64. The van der Waals surface area contributed by atoms with E-state index in [1.165, 1.54) is 0 Å². The Bertz CT molecular complexity index is 955. The zero-order valence-corrected chi connectivity index (χ0v) is 19.1. The summed E-state index contributed by atoms with van der Waals surface area (Å²) in [5.74, 6) is 1.50. The van der Waals surface area contributed by atoms with E-state index in [0.29, 0.717) is 55.7 Å². The summed E-state index contributed by atoms with van der Waals surface area (Å²) in [6.45, 7) is 6.45. The number of allylic oxidation sites excluding steroid dienone is 1. The van der Waals surface area contributed by atoms with Crippen LogP contribution < -0.4 is 9.47 Å². The summed E-state index contributed by atoms with van der Waals surface area (Å²) in [7, 11) is 0. The van der Waals surface area contributed by atoms with Gasteiger partial charge < -0.3 is 19.1 Å². The number of fused-ring (bicyclic) bond motifs is 1. The van der Waals surface area contributed by atoms with Crippen LogP contribution >= 0.6 is 11.6 Å². The largest absolute Gasteiger partial charge is 0.487 e. The van der Waals surface area contributed by atoms with E-state index in [0.717, 1.165) is 42.6 Å². The van der Waals surface area contributed by atoms with Gasteiger partial charge in [0.1, 0.15) is 13.2 Å². The quantitative estimate of drug-likeness (QED) is 0.507. The van der Waals surface area contributed by atoms with Gasteiger partial charge in [-0.25, -0.2) is 0 Å². The lowest BCUT2D eigenvalue weighted by Crippen LogP contribution is -2.32. The molecule has 4 rings (SSSR count). The molecular formula is C26H30ClNO4. The van der Waals surface area contributed by atoms with Crippen molar-refractivity contribution in [2.45, 2.75) is 44.8 Å². The van der Waals surface area contributed by atoms with E-state index in [-0.39, 0.29) is 12.0 Å². The predicted molar refractivity (Wildman–Crippen MR) is 126 cm³/mol. The molecule has 2 aliphatic heterocycles. The molecule has 6 heteroatoms. The fourth-order valence-corrected chi connectivity index (χ4v) is 4.33. The molecule has 2 aromatic carbocycles. The normalized spacial score (nSPS) is 18.3. The van der Waals surface area contributed by atoms with Crippen molar-refractivity contribution in [3.63, 3.8) is 0 Å². The van der Waals surface area contributed by atoms with Crippen molar-refractivity contribution in [1.29, 1.82) is 0 Å². The van der Waals surface area contributed by atoms with Crippen LogP contribution in [0.1, 0.15) is 37.7 Å². The summed E-state index contributed by atoms with van der Waals surface area (Å²) in [5.41, 5.74) is 2.91. The first kappa shape index (κ1) is 22.7. The van der Waals surface area contributed by atoms with Crippen LogP contribution in [0.15, 0.2) is 49.1 Å². The number of rotatable bonds is 7. The Morgan fingerprint density at radius 2 is 2.12 bits per heavy atom. The molecule has 2 aromatic rings. The van der Waals surface area contributed by atoms with Gasteiger partial charge in [0, 0.05) is 30.2 Å². The van der Waals surface area contributed by atoms with E-state index in [1.807, 2.05) is 35.2 Å². The lowest BCUT2D eigenvalue weighted by atomic mass is 10.0. The van der Waals surface area contributed by atoms with Crippen LogP contribution in [0.2, 0.25) is 5.02 Å². The number of hydrogen-bond donors (Lipinski definition) is 0. The smallest absolute Gasteiger partial charge is 0.223 e. The van der Waals surface area contributed by atoms with Crippen molar-refractivity contribution >= 4 is 17.5 Å². The Morgan fingerprint density at radius 1 is 1.22 bits per heavy atom. The molecule has 1 atom stereocenters. The molecule has 0 bridgehead atoms. The minimum Gasteiger partial charge on any atom is -0.487 e. The molecule has 5 nitrogen and oxygen atoms in total. The Kier molecular flexibility index (Phi) is 7.72. The third-order valence-electron chi connectivity index (χ3n) is 5.87. The van der Waals surface area contributed by atoms with Crippen LogP contribution in [0.3, 0.4) is 0 Å². The van der Waals surface area contributed by atoms with Gasteiger partial charge in [0.2, 0.25) is 5.91 Å². The highest BCUT2D eigenvalue weighted by molar-refractivity contribution is 6.30. The minimum atomic E-state index is 0.0944. The van der Waals surface area contributed by atoms with Crippen LogP contribution in [-0.4, -0.2) is 43.3 Å². The number of hydrogen-bond acceptors (Lipinski definition) is 4. The standard InChI is InChI=1S/C26H30ClNO4/c1-2-3-10-25(29)28-11-13-31-26-21(17-28)14-20(19-7-6-8-22(27)15-19)16-24(26)32-18-23-9-4-5-12-30-23/h2,6-8,14-16,23H,1,3-5,9-13,17-18H2/t23-/m0/s1. The van der Waals surface area contributed by atoms with Gasteiger partial charge >= 0.3 is 0 Å². The van der Waals surface area contributed by atoms with Gasteiger partial charge in [-0.1, -0.05) is 29.8 Å². The molecular weight excluding hydrogens is 426 g/mol. The van der Waals surface area contributed by atoms with E-state index in [1.54, 1.807) is 6.08 Å². The van der Waals surface area contributed by atoms with E-state index < -0.39 is 0 Å². The van der Waals surface area contributed by atoms with Gasteiger partial charge in [0.15, 0.2) is 11.5 Å². The maximum Gasteiger partial charge on any atom is 0.223 e. The number of ether oxygens (including phenoxy) is 3. The van der Waals surface area contributed by atoms with Gasteiger partial charge in [-0.3, -0.25) is 4.79 Å². The minimum absolute atomic E-state index is 0.0944. The monoisotopic (exact) mass is 455 g/mol. The van der Waals surface area contributed by atoms with E-state index >= 15 is 0 Å². The van der Waals surface area contributed by atoms with Gasteiger partial charge in [0.05, 0.1) is 12.6 Å². The topological polar surface area (TPSA) is 48.0 Å². The van der Waals surface area contributed by atoms with Crippen molar-refractivity contribution in [3.05, 3.63) is 59.6 Å². The second-order valence-corrected chi connectivity index (χ2v) is 8.70. The SMILES string of the molecule is C=CCCC(=O)N1CCOc2c(cc(-c3cccc(Cl)c3)cc2OC[C@@H]2CCCCO2)C1. The van der Waals surface area contributed by atoms with E-state index in [2.05, 4.69) is 12.6 Å². The molecule has 1 saturated heterocycles. The lowest BCUT2D eigenvalue weighted by molar-refractivity contribution is -0.131. The first-order chi connectivity index (χ1) is 15.6. The third-order valence-corrected chi connectivity index (χ3v) is 6.11.